The van der Waals surface area contributed by atoms with Crippen LogP contribution < -0.4 is 0 Å². The average molecular weight is 429 g/mol. The van der Waals surface area contributed by atoms with Crippen LogP contribution in [0.25, 0.3) is 0 Å². The van der Waals surface area contributed by atoms with Crippen LogP contribution in [0.15, 0.2) is 58.2 Å². The number of rotatable bonds is 15. The maximum Gasteiger partial charge on any atom is 0.0892 e. The van der Waals surface area contributed by atoms with Gasteiger partial charge in [-0.2, -0.15) is 0 Å². The Morgan fingerprint density at radius 3 is 1.39 bits per heavy atom. The lowest BCUT2D eigenvalue weighted by atomic mass is 10.0. The number of allylic oxidation sites excluding steroid dienone is 10. The van der Waals surface area contributed by atoms with Gasteiger partial charge >= 0.3 is 0 Å². The second kappa shape index (κ2) is 14.7. The molecule has 0 amide bonds. The summed E-state index contributed by atoms with van der Waals surface area (Å²) in [7, 11) is 0. The highest BCUT2D eigenvalue weighted by Crippen LogP contribution is 2.38. The molecule has 0 spiro atoms. The molecule has 0 radical (unpaired) electrons. The van der Waals surface area contributed by atoms with Crippen molar-refractivity contribution in [1.29, 1.82) is 0 Å². The Morgan fingerprint density at radius 2 is 1.00 bits per heavy atom. The number of hydrogen-bond donors (Lipinski definition) is 0. The molecule has 1 nitrogen and oxygen atoms in total. The summed E-state index contributed by atoms with van der Waals surface area (Å²) < 4.78 is 13.8. The van der Waals surface area contributed by atoms with Crippen LogP contribution in [0.5, 0.6) is 0 Å². The molecule has 1 aliphatic heterocycles. The van der Waals surface area contributed by atoms with Crippen LogP contribution in [0, 0.1) is 0 Å². The number of hydrogen-bond acceptors (Lipinski definition) is 1. The molecule has 31 heavy (non-hydrogen) atoms. The van der Waals surface area contributed by atoms with Gasteiger partial charge in [-0.3, -0.25) is 0 Å². The first-order valence-corrected chi connectivity index (χ1v) is 12.4. The van der Waals surface area contributed by atoms with E-state index in [4.69, 9.17) is 6.11 Å². The largest absolute Gasteiger partial charge is 0.367 e. The normalized spacial score (nSPS) is 22.4. The summed E-state index contributed by atoms with van der Waals surface area (Å²) in [6, 6.07) is 0. The molecule has 1 rings (SSSR count). The van der Waals surface area contributed by atoms with Crippen LogP contribution in [0.3, 0.4) is 0 Å². The third-order valence-electron chi connectivity index (χ3n) is 6.06. The molecule has 1 heterocycles. The molecule has 0 aliphatic carbocycles. The first-order chi connectivity index (χ1) is 14.9. The van der Waals surface area contributed by atoms with Gasteiger partial charge in [-0.1, -0.05) is 58.2 Å². The van der Waals surface area contributed by atoms with Crippen LogP contribution in [-0.2, 0) is 4.74 Å². The fraction of sp³-hybridized carbons (Fsp3) is 0.667. The molecule has 0 aromatic heterocycles. The van der Waals surface area contributed by atoms with Crippen molar-refractivity contribution in [1.82, 2.24) is 0 Å². The van der Waals surface area contributed by atoms with Crippen molar-refractivity contribution in [2.45, 2.75) is 131 Å². The highest BCUT2D eigenvalue weighted by molar-refractivity contribution is 5.08. The molecule has 0 unspecified atom stereocenters. The fourth-order valence-electron chi connectivity index (χ4n) is 3.69. The molecule has 0 aromatic rings. The van der Waals surface area contributed by atoms with E-state index >= 15 is 0 Å². The number of epoxide rings is 1. The minimum atomic E-state index is -0.663. The fourth-order valence-corrected chi connectivity index (χ4v) is 3.69. The lowest BCUT2D eigenvalue weighted by Crippen LogP contribution is -2.02. The van der Waals surface area contributed by atoms with E-state index in [0.29, 0.717) is 0 Å². The third kappa shape index (κ3) is 14.4. The van der Waals surface area contributed by atoms with Gasteiger partial charge < -0.3 is 4.74 Å². The summed E-state index contributed by atoms with van der Waals surface area (Å²) in [6.45, 7) is 17.3. The average Bonchev–Trinajstić information content (AvgIpc) is 3.21. The van der Waals surface area contributed by atoms with Crippen LogP contribution in [0.2, 0.25) is 0 Å². The molecule has 0 N–H and O–H groups in total. The molecule has 1 saturated heterocycles. The monoisotopic (exact) mass is 428 g/mol. The van der Waals surface area contributed by atoms with Gasteiger partial charge in [0.05, 0.1) is 13.1 Å². The van der Waals surface area contributed by atoms with Crippen molar-refractivity contribution in [3.63, 3.8) is 0 Å². The Balaban J connectivity index is 2.19. The summed E-state index contributed by atoms with van der Waals surface area (Å²) in [4.78, 5) is 0. The van der Waals surface area contributed by atoms with Crippen molar-refractivity contribution < 1.29 is 6.11 Å². The summed E-state index contributed by atoms with van der Waals surface area (Å²) in [6.07, 6.45) is 22.2. The molecule has 1 atom stereocenters. The zero-order valence-electron chi connectivity index (χ0n) is 22.9. The second-order valence-electron chi connectivity index (χ2n) is 10.2. The van der Waals surface area contributed by atoms with Gasteiger partial charge in [0.2, 0.25) is 0 Å². The zero-order chi connectivity index (χ0) is 24.2. The van der Waals surface area contributed by atoms with Crippen molar-refractivity contribution >= 4 is 0 Å². The molecule has 0 bridgehead atoms. The predicted molar refractivity (Wildman–Crippen MR) is 140 cm³/mol. The van der Waals surface area contributed by atoms with E-state index in [2.05, 4.69) is 71.9 Å². The van der Waals surface area contributed by atoms with Crippen molar-refractivity contribution in [3.8, 4) is 0 Å². The SMILES string of the molecule is [3H][C@]1(CC/C(C)=C/CC/C(C)=C/CC/C=C(\C)CC/C=C(\C)CCC=C(C)C)OC1(C)C. The first-order valence-electron chi connectivity index (χ1n) is 12.9. The van der Waals surface area contributed by atoms with E-state index in [9.17, 15) is 0 Å². The molecule has 0 aromatic carbocycles. The Bertz CT molecular complexity index is 728. The maximum atomic E-state index is 8.23. The van der Waals surface area contributed by atoms with Gasteiger partial charge in [0.15, 0.2) is 0 Å². The highest BCUT2D eigenvalue weighted by atomic mass is 16.6. The van der Waals surface area contributed by atoms with E-state index in [0.717, 1.165) is 44.9 Å². The quantitative estimate of drug-likeness (QED) is 0.144. The Kier molecular flexibility index (Phi) is 12.3. The summed E-state index contributed by atoms with van der Waals surface area (Å²) >= 11 is 0. The van der Waals surface area contributed by atoms with Gasteiger partial charge in [0, 0.05) is 0 Å². The molecule has 1 heteroatoms. The minimum Gasteiger partial charge on any atom is -0.367 e. The standard InChI is InChI=1S/C30H50O/c1-24(2)14-11-17-27(5)20-12-18-25(3)15-9-10-16-26(4)19-13-21-28(6)22-23-29-30(7,8)31-29/h14-16,20-21,29H,9-13,17-19,22-23H2,1-8H3/b25-15+,26-16+,27-20+,28-21+/t29-/m1/s1/i29T. The summed E-state index contributed by atoms with van der Waals surface area (Å²) in [5.41, 5.74) is 7.05. The van der Waals surface area contributed by atoms with Gasteiger partial charge in [-0.05, 0) is 120 Å². The molecule has 1 aliphatic rings. The predicted octanol–water partition coefficient (Wildman–Crippen LogP) is 9.82. The van der Waals surface area contributed by atoms with E-state index in [1.807, 2.05) is 13.8 Å². The Hall–Kier alpha value is -1.34. The minimum absolute atomic E-state index is 0.264. The molecular formula is C30H50O. The third-order valence-corrected chi connectivity index (χ3v) is 6.06. The van der Waals surface area contributed by atoms with E-state index < -0.39 is 6.08 Å². The van der Waals surface area contributed by atoms with E-state index in [-0.39, 0.29) is 5.60 Å². The molecule has 0 saturated carbocycles. The lowest BCUT2D eigenvalue weighted by molar-refractivity contribution is 0.320. The Morgan fingerprint density at radius 1 is 0.645 bits per heavy atom. The Labute approximate surface area is 195 Å². The van der Waals surface area contributed by atoms with Gasteiger partial charge in [0.1, 0.15) is 0 Å². The van der Waals surface area contributed by atoms with Crippen LogP contribution in [0.1, 0.15) is 121 Å². The van der Waals surface area contributed by atoms with Crippen LogP contribution >= 0.6 is 0 Å². The topological polar surface area (TPSA) is 12.5 Å². The molecule has 176 valence electrons. The van der Waals surface area contributed by atoms with E-state index in [1.165, 1.54) is 47.1 Å². The summed E-state index contributed by atoms with van der Waals surface area (Å²) in [5, 5.41) is 0. The van der Waals surface area contributed by atoms with Crippen LogP contribution in [0.4, 0.5) is 0 Å². The van der Waals surface area contributed by atoms with Crippen molar-refractivity contribution in [2.75, 3.05) is 0 Å². The molecular weight excluding hydrogens is 376 g/mol. The van der Waals surface area contributed by atoms with Gasteiger partial charge in [-0.15, -0.1) is 0 Å². The number of unbranched alkanes of at least 4 members (excludes halogenated alkanes) is 1. The van der Waals surface area contributed by atoms with Gasteiger partial charge in [0.25, 0.3) is 0 Å². The maximum absolute atomic E-state index is 8.23. The second-order valence-corrected chi connectivity index (χ2v) is 10.2. The summed E-state index contributed by atoms with van der Waals surface area (Å²) in [5.74, 6) is 0. The van der Waals surface area contributed by atoms with Crippen LogP contribution in [-0.4, -0.2) is 11.7 Å². The highest BCUT2D eigenvalue weighted by Gasteiger charge is 2.46. The first kappa shape index (κ1) is 25.9. The van der Waals surface area contributed by atoms with Crippen molar-refractivity contribution in [3.05, 3.63) is 58.2 Å². The lowest BCUT2D eigenvalue weighted by Gasteiger charge is -2.03. The molecule has 1 fully saturated rings. The number of ether oxygens (including phenoxy) is 1. The van der Waals surface area contributed by atoms with Gasteiger partial charge in [-0.25, -0.2) is 0 Å². The van der Waals surface area contributed by atoms with E-state index in [1.54, 1.807) is 0 Å². The smallest absolute Gasteiger partial charge is 0.0892 e. The van der Waals surface area contributed by atoms with Crippen molar-refractivity contribution in [2.24, 2.45) is 0 Å². The zero-order valence-corrected chi connectivity index (χ0v) is 21.9.